The van der Waals surface area contributed by atoms with Crippen molar-refractivity contribution in [2.24, 2.45) is 5.73 Å². The zero-order valence-electron chi connectivity index (χ0n) is 31.4. The molecule has 6 atom stereocenters. The highest BCUT2D eigenvalue weighted by atomic mass is 19.4. The van der Waals surface area contributed by atoms with E-state index < -0.39 is 127 Å². The summed E-state index contributed by atoms with van der Waals surface area (Å²) in [5.41, 5.74) is 5.32. The van der Waals surface area contributed by atoms with E-state index in [0.29, 0.717) is 30.9 Å². The van der Waals surface area contributed by atoms with Gasteiger partial charge in [-0.05, 0) is 57.2 Å². The van der Waals surface area contributed by atoms with Crippen molar-refractivity contribution < 1.29 is 77.8 Å². The van der Waals surface area contributed by atoms with E-state index >= 15 is 0 Å². The van der Waals surface area contributed by atoms with Crippen LogP contribution in [0.25, 0.3) is 0 Å². The minimum Gasteiger partial charge on any atom is -0.461 e. The Kier molecular flexibility index (Phi) is 15.7. The van der Waals surface area contributed by atoms with Crippen LogP contribution in [0, 0.1) is 11.6 Å². The molecule has 0 unspecified atom stereocenters. The summed E-state index contributed by atoms with van der Waals surface area (Å²) in [6.45, 7) is 1.82. The van der Waals surface area contributed by atoms with Crippen LogP contribution in [0.1, 0.15) is 57.9 Å². The number of nitrogens with one attached hydrogen (secondary N) is 2. The van der Waals surface area contributed by atoms with E-state index in [1.807, 2.05) is 5.32 Å². The number of esters is 1. The van der Waals surface area contributed by atoms with Crippen LogP contribution < -0.4 is 16.4 Å². The summed E-state index contributed by atoms with van der Waals surface area (Å²) in [7, 11) is 1.29. The van der Waals surface area contributed by atoms with Gasteiger partial charge in [0.05, 0.1) is 12.1 Å². The van der Waals surface area contributed by atoms with Gasteiger partial charge in [-0.2, -0.15) is 30.7 Å². The molecule has 1 aromatic rings. The third kappa shape index (κ3) is 11.4. The highest BCUT2D eigenvalue weighted by Gasteiger charge is 2.72. The molecule has 58 heavy (non-hydrogen) atoms. The lowest BCUT2D eigenvalue weighted by Crippen LogP contribution is -2.59. The Morgan fingerprint density at radius 3 is 1.97 bits per heavy atom. The van der Waals surface area contributed by atoms with Crippen LogP contribution in [-0.2, 0) is 44.7 Å². The molecule has 0 radical (unpaired) electrons. The van der Waals surface area contributed by atoms with Crippen molar-refractivity contribution in [3.05, 3.63) is 35.4 Å². The smallest absolute Gasteiger partial charge is 0.459 e. The lowest BCUT2D eigenvalue weighted by molar-refractivity contribution is -0.355. The zero-order valence-corrected chi connectivity index (χ0v) is 31.4. The molecule has 2 fully saturated rings. The first kappa shape index (κ1) is 47.4. The average molecular weight is 847 g/mol. The summed E-state index contributed by atoms with van der Waals surface area (Å²) >= 11 is 0. The number of carbonyl (C=O) groups is 7. The molecule has 0 spiro atoms. The lowest BCUT2D eigenvalue weighted by atomic mass is 10.0. The van der Waals surface area contributed by atoms with Crippen LogP contribution in [0.4, 0.5) is 39.5 Å². The number of carbonyl (C=O) groups excluding carboxylic acids is 7. The lowest BCUT2D eigenvalue weighted by Gasteiger charge is -2.32. The fourth-order valence-electron chi connectivity index (χ4n) is 6.34. The first-order valence-electron chi connectivity index (χ1n) is 17.9. The molecular weight excluding hydrogens is 803 g/mol. The molecule has 2 aliphatic rings. The van der Waals surface area contributed by atoms with Gasteiger partial charge >= 0.3 is 24.0 Å². The van der Waals surface area contributed by atoms with Gasteiger partial charge in [0.15, 0.2) is 0 Å². The van der Waals surface area contributed by atoms with Gasteiger partial charge in [0, 0.05) is 45.5 Å². The second-order valence-electron chi connectivity index (χ2n) is 14.1. The summed E-state index contributed by atoms with van der Waals surface area (Å²) in [6, 6.07) is -6.52. The standard InChI is InChI=1S/C35H43F9N6O8/c1-18(16-51)48(3)31(56)25-6-4-10-49(25)30(55)24(17-58-32(57)26-7-5-11-50(26)29(54)19(2)45)47-28(53)23(14-20-12-21(36)15-22(37)13-20)46-27(52)8-9-33(38,39)34(40,41)35(42,43)44/h12-13,15-16,18-19,23-26H,4-11,14,17,45H2,1-3H3,(H,46,52)(H,47,53)/t18-,19-,23-,24-,25-,26-/m0/s1. The molecule has 2 heterocycles. The number of hydrogen-bond acceptors (Lipinski definition) is 9. The van der Waals surface area contributed by atoms with Crippen molar-refractivity contribution in [2.45, 2.75) is 113 Å². The van der Waals surface area contributed by atoms with E-state index in [-0.39, 0.29) is 37.9 Å². The van der Waals surface area contributed by atoms with Gasteiger partial charge in [0.2, 0.25) is 29.5 Å². The number of rotatable bonds is 17. The Hall–Kier alpha value is -4.96. The molecule has 2 saturated heterocycles. The molecule has 2 aliphatic heterocycles. The molecule has 14 nitrogen and oxygen atoms in total. The predicted molar refractivity (Wildman–Crippen MR) is 181 cm³/mol. The molecule has 0 aliphatic carbocycles. The van der Waals surface area contributed by atoms with Crippen molar-refractivity contribution in [1.29, 1.82) is 0 Å². The summed E-state index contributed by atoms with van der Waals surface area (Å²) in [4.78, 5) is 94.4. The van der Waals surface area contributed by atoms with Gasteiger partial charge in [0.25, 0.3) is 0 Å². The fraction of sp³-hybridized carbons (Fsp3) is 0.629. The number of alkyl halides is 7. The summed E-state index contributed by atoms with van der Waals surface area (Å²) < 4.78 is 126. The van der Waals surface area contributed by atoms with Crippen molar-refractivity contribution in [2.75, 3.05) is 26.7 Å². The van der Waals surface area contributed by atoms with Gasteiger partial charge in [-0.15, -0.1) is 0 Å². The SMILES string of the molecule is C[C@H](N)C(=O)N1CCC[C@H]1C(=O)OC[C@H](NC(=O)[C@H](Cc1cc(F)cc(F)c1)NC(=O)CCC(F)(F)C(F)(F)C(F)(F)F)C(=O)N1CCC[C@H]1C(=O)N(C)[C@@H](C)C=O. The number of amides is 5. The second kappa shape index (κ2) is 19.2. The molecule has 0 bridgehead atoms. The Bertz CT molecular complexity index is 1700. The average Bonchev–Trinajstić information content (AvgIpc) is 3.83. The maximum atomic E-state index is 14.1. The monoisotopic (exact) mass is 846 g/mol. The van der Waals surface area contributed by atoms with Gasteiger partial charge in [0.1, 0.15) is 48.7 Å². The van der Waals surface area contributed by atoms with E-state index in [4.69, 9.17) is 10.5 Å². The Morgan fingerprint density at radius 1 is 0.879 bits per heavy atom. The highest BCUT2D eigenvalue weighted by Crippen LogP contribution is 2.48. The number of aldehydes is 1. The number of ether oxygens (including phenoxy) is 1. The van der Waals surface area contributed by atoms with E-state index in [0.717, 1.165) is 14.7 Å². The summed E-state index contributed by atoms with van der Waals surface area (Å²) in [5.74, 6) is -21.2. The van der Waals surface area contributed by atoms with Gasteiger partial charge in [-0.3, -0.25) is 24.0 Å². The first-order chi connectivity index (χ1) is 26.8. The predicted octanol–water partition coefficient (Wildman–Crippen LogP) is 2.01. The van der Waals surface area contributed by atoms with Crippen LogP contribution in [-0.4, -0.2) is 138 Å². The molecule has 324 valence electrons. The van der Waals surface area contributed by atoms with Crippen LogP contribution in [0.3, 0.4) is 0 Å². The topological polar surface area (TPSA) is 189 Å². The van der Waals surface area contributed by atoms with Gasteiger partial charge in [-0.1, -0.05) is 0 Å². The highest BCUT2D eigenvalue weighted by molar-refractivity contribution is 5.95. The number of hydrogen-bond donors (Lipinski definition) is 3. The van der Waals surface area contributed by atoms with Crippen molar-refractivity contribution >= 4 is 41.8 Å². The van der Waals surface area contributed by atoms with Gasteiger partial charge < -0.3 is 40.6 Å². The Balaban J connectivity index is 1.95. The normalized spacial score (nSPS) is 19.5. The van der Waals surface area contributed by atoms with Crippen LogP contribution >= 0.6 is 0 Å². The number of benzene rings is 1. The zero-order chi connectivity index (χ0) is 43.9. The largest absolute Gasteiger partial charge is 0.461 e. The molecule has 4 N–H and O–H groups in total. The van der Waals surface area contributed by atoms with E-state index in [1.165, 1.54) is 20.9 Å². The third-order valence-electron chi connectivity index (χ3n) is 9.68. The minimum absolute atomic E-state index is 0.0825. The molecule has 0 saturated carbocycles. The number of nitrogens with zero attached hydrogens (tertiary/aromatic N) is 3. The molecule has 0 aromatic heterocycles. The number of likely N-dealkylation sites (tertiary alicyclic amines) is 2. The molecule has 23 heteroatoms. The van der Waals surface area contributed by atoms with Crippen LogP contribution in [0.15, 0.2) is 18.2 Å². The molecular formula is C35H43F9N6O8. The van der Waals surface area contributed by atoms with Crippen molar-refractivity contribution in [1.82, 2.24) is 25.3 Å². The molecule has 1 aromatic carbocycles. The Morgan fingerprint density at radius 2 is 1.43 bits per heavy atom. The Labute approximate surface area is 325 Å². The number of nitrogens with two attached hydrogens (primary N) is 1. The first-order valence-corrected chi connectivity index (χ1v) is 17.9. The summed E-state index contributed by atoms with van der Waals surface area (Å²) in [5, 5.41) is 4.02. The van der Waals surface area contributed by atoms with E-state index in [2.05, 4.69) is 5.32 Å². The maximum Gasteiger partial charge on any atom is 0.459 e. The van der Waals surface area contributed by atoms with E-state index in [9.17, 15) is 73.1 Å². The molecule has 5 amide bonds. The van der Waals surface area contributed by atoms with Crippen molar-refractivity contribution in [3.63, 3.8) is 0 Å². The van der Waals surface area contributed by atoms with Crippen LogP contribution in [0.2, 0.25) is 0 Å². The van der Waals surface area contributed by atoms with Gasteiger partial charge in [-0.25, -0.2) is 13.6 Å². The fourth-order valence-corrected chi connectivity index (χ4v) is 6.34. The quantitative estimate of drug-likeness (QED) is 0.120. The maximum absolute atomic E-state index is 14.1. The third-order valence-corrected chi connectivity index (χ3v) is 9.68. The summed E-state index contributed by atoms with van der Waals surface area (Å²) in [6.07, 6.45) is -10.4. The number of halogens is 9. The second-order valence-corrected chi connectivity index (χ2v) is 14.1. The van der Waals surface area contributed by atoms with Crippen molar-refractivity contribution in [3.8, 4) is 0 Å². The minimum atomic E-state index is -6.70. The molecule has 3 rings (SSSR count). The number of likely N-dealkylation sites (N-methyl/N-ethyl adjacent to an activating group) is 1. The van der Waals surface area contributed by atoms with Crippen LogP contribution in [0.5, 0.6) is 0 Å². The van der Waals surface area contributed by atoms with E-state index in [1.54, 1.807) is 0 Å².